The fraction of sp³-hybridized carbons (Fsp3) is 0.455. The van der Waals surface area contributed by atoms with Crippen LogP contribution in [0.5, 0.6) is 0 Å². The molecule has 1 atom stereocenters. The Labute approximate surface area is 91.4 Å². The molecule has 0 bridgehead atoms. The number of hydrogen-bond donors (Lipinski definition) is 0. The van der Waals surface area contributed by atoms with Gasteiger partial charge in [0.25, 0.3) is 0 Å². The largest absolute Gasteiger partial charge is 0.333 e. The molecule has 1 aliphatic rings. The van der Waals surface area contributed by atoms with Crippen LogP contribution in [-0.4, -0.2) is 13.2 Å². The Morgan fingerprint density at radius 3 is 2.53 bits per heavy atom. The molecule has 2 rings (SSSR count). The van der Waals surface area contributed by atoms with Gasteiger partial charge in [0, 0.05) is 0 Å². The lowest BCUT2D eigenvalue weighted by Crippen LogP contribution is -2.08. The van der Waals surface area contributed by atoms with Crippen molar-refractivity contribution >= 4 is 8.60 Å². The maximum atomic E-state index is 5.70. The molecule has 0 spiro atoms. The fourth-order valence-corrected chi connectivity index (χ4v) is 2.48. The molecular weight excluding hydrogens is 211 g/mol. The second-order valence-corrected chi connectivity index (χ2v) is 4.58. The summed E-state index contributed by atoms with van der Waals surface area (Å²) in [6, 6.07) is 10.1. The van der Waals surface area contributed by atoms with E-state index in [0.29, 0.717) is 0 Å². The summed E-state index contributed by atoms with van der Waals surface area (Å²) in [6.45, 7) is 3.50. The van der Waals surface area contributed by atoms with Crippen molar-refractivity contribution in [2.75, 3.05) is 13.2 Å². The van der Waals surface area contributed by atoms with Gasteiger partial charge in [-0.3, -0.25) is 0 Å². The highest BCUT2D eigenvalue weighted by molar-refractivity contribution is 7.41. The Kier molecular flexibility index (Phi) is 4.09. The van der Waals surface area contributed by atoms with E-state index in [9.17, 15) is 0 Å². The summed E-state index contributed by atoms with van der Waals surface area (Å²) in [4.78, 5) is 0. The molecule has 1 unspecified atom stereocenters. The Morgan fingerprint density at radius 1 is 1.20 bits per heavy atom. The minimum absolute atomic E-state index is 0.0235. The molecule has 0 aliphatic carbocycles. The number of hydrogen-bond acceptors (Lipinski definition) is 3. The van der Waals surface area contributed by atoms with Crippen molar-refractivity contribution in [3.8, 4) is 0 Å². The van der Waals surface area contributed by atoms with Crippen molar-refractivity contribution in [1.29, 1.82) is 0 Å². The zero-order valence-electron chi connectivity index (χ0n) is 8.76. The average molecular weight is 226 g/mol. The molecule has 1 fully saturated rings. The van der Waals surface area contributed by atoms with Gasteiger partial charge in [-0.2, -0.15) is 0 Å². The first kappa shape index (κ1) is 11.0. The zero-order chi connectivity index (χ0) is 10.5. The van der Waals surface area contributed by atoms with E-state index in [2.05, 4.69) is 0 Å². The molecule has 1 saturated heterocycles. The molecule has 4 heteroatoms. The smallest absolute Gasteiger partial charge is 0.312 e. The number of benzene rings is 1. The molecular formula is C11H15O3P. The lowest BCUT2D eigenvalue weighted by atomic mass is 10.1. The summed E-state index contributed by atoms with van der Waals surface area (Å²) in [6.07, 6.45) is 0.984. The molecule has 0 amide bonds. The van der Waals surface area contributed by atoms with E-state index in [-0.39, 0.29) is 6.10 Å². The molecule has 15 heavy (non-hydrogen) atoms. The van der Waals surface area contributed by atoms with Gasteiger partial charge in [0.1, 0.15) is 0 Å². The van der Waals surface area contributed by atoms with E-state index in [1.165, 1.54) is 0 Å². The standard InChI is InChI=1S/C11H15O3P/c1-10(11-6-3-2-4-7-11)14-15-12-8-5-9-13-15/h2-4,6-7,10H,5,8-9H2,1H3. The Bertz CT molecular complexity index is 285. The summed E-state index contributed by atoms with van der Waals surface area (Å²) in [5.74, 6) is 0. The van der Waals surface area contributed by atoms with Crippen molar-refractivity contribution < 1.29 is 13.6 Å². The lowest BCUT2D eigenvalue weighted by Gasteiger charge is -2.24. The Hall–Kier alpha value is -0.470. The summed E-state index contributed by atoms with van der Waals surface area (Å²) in [5.41, 5.74) is 1.15. The third-order valence-corrected chi connectivity index (χ3v) is 3.47. The molecule has 1 aliphatic heterocycles. The third kappa shape index (κ3) is 3.25. The predicted molar refractivity (Wildman–Crippen MR) is 59.4 cm³/mol. The van der Waals surface area contributed by atoms with E-state index in [1.807, 2.05) is 37.3 Å². The molecule has 0 aromatic heterocycles. The van der Waals surface area contributed by atoms with Gasteiger partial charge >= 0.3 is 8.60 Å². The van der Waals surface area contributed by atoms with E-state index in [4.69, 9.17) is 13.6 Å². The first-order chi connectivity index (χ1) is 7.36. The highest BCUT2D eigenvalue weighted by atomic mass is 31.2. The van der Waals surface area contributed by atoms with Gasteiger partial charge in [-0.1, -0.05) is 30.3 Å². The van der Waals surface area contributed by atoms with Crippen LogP contribution in [0.2, 0.25) is 0 Å². The van der Waals surface area contributed by atoms with Crippen molar-refractivity contribution in [3.05, 3.63) is 35.9 Å². The van der Waals surface area contributed by atoms with Gasteiger partial charge in [-0.05, 0) is 18.9 Å². The second-order valence-electron chi connectivity index (χ2n) is 3.40. The molecule has 0 radical (unpaired) electrons. The minimum atomic E-state index is -1.13. The maximum absolute atomic E-state index is 5.70. The predicted octanol–water partition coefficient (Wildman–Crippen LogP) is 3.43. The average Bonchev–Trinajstić information content (AvgIpc) is 2.31. The van der Waals surface area contributed by atoms with Gasteiger partial charge in [-0.25, -0.2) is 0 Å². The van der Waals surface area contributed by atoms with Crippen LogP contribution < -0.4 is 0 Å². The molecule has 1 aromatic carbocycles. The van der Waals surface area contributed by atoms with Gasteiger partial charge in [-0.15, -0.1) is 0 Å². The molecule has 3 nitrogen and oxygen atoms in total. The normalized spacial score (nSPS) is 20.1. The third-order valence-electron chi connectivity index (χ3n) is 2.20. The highest BCUT2D eigenvalue weighted by Gasteiger charge is 2.20. The molecule has 82 valence electrons. The van der Waals surface area contributed by atoms with Crippen LogP contribution in [0.25, 0.3) is 0 Å². The van der Waals surface area contributed by atoms with Crippen LogP contribution in [0.1, 0.15) is 25.0 Å². The summed E-state index contributed by atoms with van der Waals surface area (Å²) >= 11 is 0. The Morgan fingerprint density at radius 2 is 1.87 bits per heavy atom. The first-order valence-electron chi connectivity index (χ1n) is 5.14. The first-order valence-corrected chi connectivity index (χ1v) is 6.23. The van der Waals surface area contributed by atoms with Gasteiger partial charge in [0.05, 0.1) is 19.3 Å². The van der Waals surface area contributed by atoms with Crippen LogP contribution in [0.3, 0.4) is 0 Å². The van der Waals surface area contributed by atoms with E-state index >= 15 is 0 Å². The van der Waals surface area contributed by atoms with Crippen LogP contribution in [-0.2, 0) is 13.6 Å². The fourth-order valence-electron chi connectivity index (χ4n) is 1.35. The summed E-state index contributed by atoms with van der Waals surface area (Å²) < 4.78 is 16.5. The minimum Gasteiger partial charge on any atom is -0.312 e. The van der Waals surface area contributed by atoms with Crippen LogP contribution >= 0.6 is 8.60 Å². The molecule has 1 aromatic rings. The van der Waals surface area contributed by atoms with Crippen molar-refractivity contribution in [1.82, 2.24) is 0 Å². The molecule has 1 heterocycles. The van der Waals surface area contributed by atoms with E-state index < -0.39 is 8.60 Å². The van der Waals surface area contributed by atoms with Crippen LogP contribution in [0.15, 0.2) is 30.3 Å². The van der Waals surface area contributed by atoms with Gasteiger partial charge < -0.3 is 13.6 Å². The highest BCUT2D eigenvalue weighted by Crippen LogP contribution is 2.46. The van der Waals surface area contributed by atoms with Crippen molar-refractivity contribution in [2.45, 2.75) is 19.4 Å². The topological polar surface area (TPSA) is 27.7 Å². The SMILES string of the molecule is CC(OP1OCCCO1)c1ccccc1. The van der Waals surface area contributed by atoms with Gasteiger partial charge in [0.15, 0.2) is 0 Å². The second kappa shape index (κ2) is 5.57. The van der Waals surface area contributed by atoms with Crippen LogP contribution in [0, 0.1) is 0 Å². The maximum Gasteiger partial charge on any atom is 0.333 e. The van der Waals surface area contributed by atoms with E-state index in [1.54, 1.807) is 0 Å². The molecule has 0 saturated carbocycles. The quantitative estimate of drug-likeness (QED) is 0.739. The van der Waals surface area contributed by atoms with Crippen molar-refractivity contribution in [2.24, 2.45) is 0 Å². The number of rotatable bonds is 3. The zero-order valence-corrected chi connectivity index (χ0v) is 9.65. The lowest BCUT2D eigenvalue weighted by molar-refractivity contribution is 0.0917. The molecule has 0 N–H and O–H groups in total. The summed E-state index contributed by atoms with van der Waals surface area (Å²) in [5, 5.41) is 0. The van der Waals surface area contributed by atoms with Crippen LogP contribution in [0.4, 0.5) is 0 Å². The summed E-state index contributed by atoms with van der Waals surface area (Å²) in [7, 11) is -1.13. The Balaban J connectivity index is 1.88. The van der Waals surface area contributed by atoms with Crippen molar-refractivity contribution in [3.63, 3.8) is 0 Å². The van der Waals surface area contributed by atoms with E-state index in [0.717, 1.165) is 25.2 Å². The monoisotopic (exact) mass is 226 g/mol. The van der Waals surface area contributed by atoms with Gasteiger partial charge in [0.2, 0.25) is 0 Å².